The Kier molecular flexibility index (Phi) is 4.42. The van der Waals surface area contributed by atoms with Gasteiger partial charge in [-0.2, -0.15) is 0 Å². The highest BCUT2D eigenvalue weighted by atomic mass is 32.2. The second-order valence-electron chi connectivity index (χ2n) is 5.59. The SMILES string of the molecule is CC(C)(CO)Nc1nc(SCc2ccco2)nc2nc(N)sc12. The summed E-state index contributed by atoms with van der Waals surface area (Å²) in [6.07, 6.45) is 1.64. The quantitative estimate of drug-likeness (QED) is 0.459. The van der Waals surface area contributed by atoms with Crippen LogP contribution in [-0.4, -0.2) is 32.2 Å². The summed E-state index contributed by atoms with van der Waals surface area (Å²) in [6, 6.07) is 3.75. The van der Waals surface area contributed by atoms with Gasteiger partial charge in [0.25, 0.3) is 0 Å². The van der Waals surface area contributed by atoms with Crippen LogP contribution in [-0.2, 0) is 5.75 Å². The molecule has 23 heavy (non-hydrogen) atoms. The van der Waals surface area contributed by atoms with Gasteiger partial charge >= 0.3 is 0 Å². The second-order valence-corrected chi connectivity index (χ2v) is 7.57. The number of nitrogens with zero attached hydrogens (tertiary/aromatic N) is 3. The van der Waals surface area contributed by atoms with Crippen molar-refractivity contribution in [2.75, 3.05) is 17.7 Å². The molecular formula is C14H17N5O2S2. The zero-order chi connectivity index (χ0) is 16.4. The Morgan fingerprint density at radius 1 is 1.39 bits per heavy atom. The maximum atomic E-state index is 9.47. The molecule has 3 aromatic heterocycles. The third kappa shape index (κ3) is 3.74. The number of nitrogen functional groups attached to an aromatic ring is 1. The molecule has 0 atom stereocenters. The maximum Gasteiger partial charge on any atom is 0.192 e. The number of furan rings is 1. The van der Waals surface area contributed by atoms with Crippen LogP contribution in [0.4, 0.5) is 10.9 Å². The summed E-state index contributed by atoms with van der Waals surface area (Å²) in [6.45, 7) is 3.75. The molecule has 0 bridgehead atoms. The number of hydrogen-bond acceptors (Lipinski definition) is 9. The van der Waals surface area contributed by atoms with Crippen molar-refractivity contribution >= 4 is 44.4 Å². The fraction of sp³-hybridized carbons (Fsp3) is 0.357. The Morgan fingerprint density at radius 2 is 2.22 bits per heavy atom. The van der Waals surface area contributed by atoms with Crippen LogP contribution in [0.25, 0.3) is 10.3 Å². The number of hydrogen-bond donors (Lipinski definition) is 3. The second kappa shape index (κ2) is 6.34. The highest BCUT2D eigenvalue weighted by molar-refractivity contribution is 7.98. The van der Waals surface area contributed by atoms with E-state index in [0.29, 0.717) is 27.5 Å². The number of aliphatic hydroxyl groups is 1. The van der Waals surface area contributed by atoms with E-state index in [-0.39, 0.29) is 6.61 Å². The first-order chi connectivity index (χ1) is 11.0. The molecule has 0 aromatic carbocycles. The van der Waals surface area contributed by atoms with Crippen LogP contribution in [0, 0.1) is 0 Å². The molecule has 0 fully saturated rings. The van der Waals surface area contributed by atoms with Crippen molar-refractivity contribution < 1.29 is 9.52 Å². The third-order valence-electron chi connectivity index (χ3n) is 3.03. The molecule has 0 saturated heterocycles. The number of rotatable bonds is 6. The highest BCUT2D eigenvalue weighted by Gasteiger charge is 2.21. The molecule has 0 radical (unpaired) electrons. The van der Waals surface area contributed by atoms with Gasteiger partial charge in [-0.25, -0.2) is 15.0 Å². The van der Waals surface area contributed by atoms with Gasteiger partial charge in [-0.3, -0.25) is 0 Å². The van der Waals surface area contributed by atoms with Gasteiger partial charge in [-0.1, -0.05) is 23.1 Å². The largest absolute Gasteiger partial charge is 0.468 e. The zero-order valence-electron chi connectivity index (χ0n) is 12.7. The van der Waals surface area contributed by atoms with Crippen LogP contribution >= 0.6 is 23.1 Å². The van der Waals surface area contributed by atoms with Crippen LogP contribution in [0.15, 0.2) is 28.0 Å². The minimum Gasteiger partial charge on any atom is -0.468 e. The number of nitrogens with one attached hydrogen (secondary N) is 1. The molecule has 0 saturated carbocycles. The molecule has 3 rings (SSSR count). The van der Waals surface area contributed by atoms with Gasteiger partial charge in [0.1, 0.15) is 10.5 Å². The molecule has 3 aromatic rings. The summed E-state index contributed by atoms with van der Waals surface area (Å²) in [5.74, 6) is 2.10. The number of aromatic nitrogens is 3. The molecule has 7 nitrogen and oxygen atoms in total. The first-order valence-electron chi connectivity index (χ1n) is 6.95. The number of aliphatic hydroxyl groups excluding tert-OH is 1. The van der Waals surface area contributed by atoms with Crippen molar-refractivity contribution in [2.24, 2.45) is 0 Å². The Labute approximate surface area is 141 Å². The van der Waals surface area contributed by atoms with Crippen LogP contribution in [0.2, 0.25) is 0 Å². The number of thiazole rings is 1. The minimum absolute atomic E-state index is 0.0261. The van der Waals surface area contributed by atoms with Crippen molar-refractivity contribution in [3.05, 3.63) is 24.2 Å². The lowest BCUT2D eigenvalue weighted by molar-refractivity contribution is 0.234. The number of anilines is 2. The lowest BCUT2D eigenvalue weighted by atomic mass is 10.1. The summed E-state index contributed by atoms with van der Waals surface area (Å²) < 4.78 is 6.10. The van der Waals surface area contributed by atoms with E-state index in [4.69, 9.17) is 10.2 Å². The van der Waals surface area contributed by atoms with Crippen LogP contribution in [0.5, 0.6) is 0 Å². The summed E-state index contributed by atoms with van der Waals surface area (Å²) >= 11 is 2.78. The predicted octanol–water partition coefficient (Wildman–Crippen LogP) is 2.74. The van der Waals surface area contributed by atoms with Crippen LogP contribution in [0.1, 0.15) is 19.6 Å². The number of nitrogens with two attached hydrogens (primary N) is 1. The number of thioether (sulfide) groups is 1. The van der Waals surface area contributed by atoms with Crippen molar-refractivity contribution in [3.8, 4) is 0 Å². The monoisotopic (exact) mass is 351 g/mol. The summed E-state index contributed by atoms with van der Waals surface area (Å²) in [5, 5.41) is 13.7. The zero-order valence-corrected chi connectivity index (χ0v) is 14.4. The number of fused-ring (bicyclic) bond motifs is 1. The average Bonchev–Trinajstić information content (AvgIpc) is 3.13. The molecule has 0 aliphatic heterocycles. The van der Waals surface area contributed by atoms with Crippen molar-refractivity contribution in [1.29, 1.82) is 0 Å². The fourth-order valence-corrected chi connectivity index (χ4v) is 3.32. The average molecular weight is 351 g/mol. The van der Waals surface area contributed by atoms with Crippen molar-refractivity contribution in [1.82, 2.24) is 15.0 Å². The molecule has 3 heterocycles. The molecule has 4 N–H and O–H groups in total. The Hall–Kier alpha value is -1.84. The normalized spacial score (nSPS) is 12.0. The van der Waals surface area contributed by atoms with Crippen LogP contribution in [0.3, 0.4) is 0 Å². The van der Waals surface area contributed by atoms with E-state index in [1.165, 1.54) is 23.1 Å². The lowest BCUT2D eigenvalue weighted by Crippen LogP contribution is -2.35. The molecule has 9 heteroatoms. The van der Waals surface area contributed by atoms with E-state index in [1.807, 2.05) is 26.0 Å². The topological polar surface area (TPSA) is 110 Å². The van der Waals surface area contributed by atoms with Crippen LogP contribution < -0.4 is 11.1 Å². The molecule has 0 spiro atoms. The van der Waals surface area contributed by atoms with Gasteiger partial charge < -0.3 is 20.6 Å². The first kappa shape index (κ1) is 16.0. The maximum absolute atomic E-state index is 9.47. The van der Waals surface area contributed by atoms with E-state index >= 15 is 0 Å². The van der Waals surface area contributed by atoms with Gasteiger partial charge in [0.2, 0.25) is 0 Å². The van der Waals surface area contributed by atoms with Crippen molar-refractivity contribution in [2.45, 2.75) is 30.3 Å². The molecular weight excluding hydrogens is 334 g/mol. The van der Waals surface area contributed by atoms with Gasteiger partial charge in [-0.05, 0) is 26.0 Å². The van der Waals surface area contributed by atoms with Gasteiger partial charge in [0, 0.05) is 0 Å². The summed E-state index contributed by atoms with van der Waals surface area (Å²) in [4.78, 5) is 13.2. The Balaban J connectivity index is 1.92. The van der Waals surface area contributed by atoms with E-state index in [0.717, 1.165) is 10.5 Å². The molecule has 0 amide bonds. The standard InChI is InChI=1S/C14H17N5O2S2/c1-14(2,7-20)19-11-9-10(16-12(15)23-9)17-13(18-11)22-6-8-4-3-5-21-8/h3-5,20H,6-7H2,1-2H3,(H3,15,16,17,18,19). The Bertz CT molecular complexity index is 801. The lowest BCUT2D eigenvalue weighted by Gasteiger charge is -2.24. The van der Waals surface area contributed by atoms with Gasteiger partial charge in [0.15, 0.2) is 21.8 Å². The first-order valence-corrected chi connectivity index (χ1v) is 8.75. The molecule has 0 aliphatic rings. The van der Waals surface area contributed by atoms with Gasteiger partial charge in [0.05, 0.1) is 24.2 Å². The Morgan fingerprint density at radius 3 is 2.91 bits per heavy atom. The fourth-order valence-electron chi connectivity index (χ4n) is 1.86. The molecule has 0 unspecified atom stereocenters. The third-order valence-corrected chi connectivity index (χ3v) is 4.78. The predicted molar refractivity (Wildman–Crippen MR) is 92.7 cm³/mol. The highest BCUT2D eigenvalue weighted by Crippen LogP contribution is 2.32. The minimum atomic E-state index is -0.511. The van der Waals surface area contributed by atoms with E-state index in [2.05, 4.69) is 20.3 Å². The van der Waals surface area contributed by atoms with Gasteiger partial charge in [-0.15, -0.1) is 0 Å². The summed E-state index contributed by atoms with van der Waals surface area (Å²) in [5.41, 5.74) is 5.84. The molecule has 122 valence electrons. The van der Waals surface area contributed by atoms with Crippen molar-refractivity contribution in [3.63, 3.8) is 0 Å². The van der Waals surface area contributed by atoms with E-state index < -0.39 is 5.54 Å². The summed E-state index contributed by atoms with van der Waals surface area (Å²) in [7, 11) is 0. The smallest absolute Gasteiger partial charge is 0.192 e. The van der Waals surface area contributed by atoms with E-state index in [9.17, 15) is 5.11 Å². The molecule has 0 aliphatic carbocycles. The van der Waals surface area contributed by atoms with E-state index in [1.54, 1.807) is 6.26 Å².